The number of halogens is 1. The summed E-state index contributed by atoms with van der Waals surface area (Å²) in [4.78, 5) is 52.8. The van der Waals surface area contributed by atoms with Gasteiger partial charge in [0.2, 0.25) is 5.91 Å². The predicted molar refractivity (Wildman–Crippen MR) is 147 cm³/mol. The Balaban J connectivity index is 1.80. The van der Waals surface area contributed by atoms with Gasteiger partial charge < -0.3 is 29.0 Å². The number of nitrogens with zero attached hydrogens (tertiary/aromatic N) is 4. The minimum atomic E-state index is -1.19. The first-order chi connectivity index (χ1) is 18.5. The van der Waals surface area contributed by atoms with Gasteiger partial charge in [-0.15, -0.1) is 0 Å². The van der Waals surface area contributed by atoms with Crippen LogP contribution in [-0.2, 0) is 27.4 Å². The number of hydrogen-bond acceptors (Lipinski definition) is 5. The standard InChI is InChI=1S/C28H34FN5O5/c1-6-34-21(17-19-16-20(29)13-14-23(19)34)18-33-15-9-10-22(27(33)37)30-26(36)24(39-28(38)32(4)5)11-7-8-12-25(35)31(2)3/h8-10,12-17,24H,6-7,11,18H2,1-5H3,(H,30,36). The van der Waals surface area contributed by atoms with Crippen molar-refractivity contribution in [3.63, 3.8) is 0 Å². The lowest BCUT2D eigenvalue weighted by molar-refractivity contribution is -0.125. The average molecular weight is 540 g/mol. The van der Waals surface area contributed by atoms with Crippen molar-refractivity contribution >= 4 is 34.5 Å². The summed E-state index contributed by atoms with van der Waals surface area (Å²) in [7, 11) is 6.23. The van der Waals surface area contributed by atoms with Crippen molar-refractivity contribution in [1.29, 1.82) is 0 Å². The monoisotopic (exact) mass is 539 g/mol. The van der Waals surface area contributed by atoms with Crippen LogP contribution in [0.3, 0.4) is 0 Å². The Morgan fingerprint density at radius 3 is 2.51 bits per heavy atom. The zero-order valence-corrected chi connectivity index (χ0v) is 22.8. The van der Waals surface area contributed by atoms with Gasteiger partial charge in [0.15, 0.2) is 6.10 Å². The Morgan fingerprint density at radius 2 is 1.85 bits per heavy atom. The summed E-state index contributed by atoms with van der Waals surface area (Å²) in [6.07, 6.45) is 3.08. The largest absolute Gasteiger partial charge is 0.436 e. The Bertz CT molecular complexity index is 1440. The molecule has 3 aromatic rings. The maximum atomic E-state index is 13.7. The lowest BCUT2D eigenvalue weighted by atomic mass is 10.1. The number of nitrogens with one attached hydrogen (secondary N) is 1. The van der Waals surface area contributed by atoms with Gasteiger partial charge in [-0.3, -0.25) is 14.4 Å². The number of benzene rings is 1. The van der Waals surface area contributed by atoms with Crippen molar-refractivity contribution in [2.24, 2.45) is 0 Å². The van der Waals surface area contributed by atoms with E-state index in [1.54, 1.807) is 38.5 Å². The first kappa shape index (κ1) is 29.2. The van der Waals surface area contributed by atoms with Crippen LogP contribution in [0.25, 0.3) is 10.9 Å². The van der Waals surface area contributed by atoms with Gasteiger partial charge in [0, 0.05) is 57.5 Å². The van der Waals surface area contributed by atoms with Crippen LogP contribution in [-0.4, -0.2) is 71.1 Å². The van der Waals surface area contributed by atoms with E-state index in [0.717, 1.165) is 16.6 Å². The number of ether oxygens (including phenoxy) is 1. The van der Waals surface area contributed by atoms with Crippen LogP contribution >= 0.6 is 0 Å². The lowest BCUT2D eigenvalue weighted by Gasteiger charge is -2.20. The third-order valence-electron chi connectivity index (χ3n) is 6.07. The first-order valence-electron chi connectivity index (χ1n) is 12.6. The molecule has 2 heterocycles. The summed E-state index contributed by atoms with van der Waals surface area (Å²) >= 11 is 0. The second-order valence-corrected chi connectivity index (χ2v) is 9.41. The van der Waals surface area contributed by atoms with Crippen LogP contribution in [0.4, 0.5) is 14.9 Å². The highest BCUT2D eigenvalue weighted by Crippen LogP contribution is 2.22. The number of carbonyl (C=O) groups is 3. The summed E-state index contributed by atoms with van der Waals surface area (Å²) in [6.45, 7) is 2.80. The molecule has 1 N–H and O–H groups in total. The van der Waals surface area contributed by atoms with E-state index in [0.29, 0.717) is 13.0 Å². The van der Waals surface area contributed by atoms with Gasteiger partial charge in [-0.25, -0.2) is 9.18 Å². The molecule has 39 heavy (non-hydrogen) atoms. The number of anilines is 1. The predicted octanol–water partition coefficient (Wildman–Crippen LogP) is 3.44. The van der Waals surface area contributed by atoms with E-state index in [4.69, 9.17) is 4.74 Å². The second kappa shape index (κ2) is 12.9. The van der Waals surface area contributed by atoms with Gasteiger partial charge in [-0.05, 0) is 62.2 Å². The normalized spacial score (nSPS) is 11.9. The molecule has 0 fully saturated rings. The number of aryl methyl sites for hydroxylation is 1. The highest BCUT2D eigenvalue weighted by molar-refractivity contribution is 5.95. The fraction of sp³-hybridized carbons (Fsp3) is 0.357. The van der Waals surface area contributed by atoms with Crippen molar-refractivity contribution in [3.05, 3.63) is 76.6 Å². The zero-order chi connectivity index (χ0) is 28.7. The van der Waals surface area contributed by atoms with Crippen molar-refractivity contribution in [2.45, 2.75) is 39.0 Å². The number of likely N-dealkylation sites (N-methyl/N-ethyl adjacent to an activating group) is 1. The van der Waals surface area contributed by atoms with E-state index in [2.05, 4.69) is 5.32 Å². The minimum Gasteiger partial charge on any atom is -0.436 e. The molecule has 0 aliphatic carbocycles. The third kappa shape index (κ3) is 7.34. The quantitative estimate of drug-likeness (QED) is 0.398. The molecule has 0 saturated heterocycles. The fourth-order valence-electron chi connectivity index (χ4n) is 4.00. The Labute approximate surface area is 226 Å². The topological polar surface area (TPSA) is 106 Å². The number of fused-ring (bicyclic) bond motifs is 1. The van der Waals surface area contributed by atoms with Crippen LogP contribution in [0.2, 0.25) is 0 Å². The number of rotatable bonds is 10. The SMILES string of the molecule is CCn1c(Cn2cccc(NC(=O)C(CCC=CC(=O)N(C)C)OC(=O)N(C)C)c2=O)cc2cc(F)ccc21. The summed E-state index contributed by atoms with van der Waals surface area (Å²) in [5.74, 6) is -1.21. The molecule has 3 rings (SSSR count). The van der Waals surface area contributed by atoms with Gasteiger partial charge in [-0.1, -0.05) is 6.08 Å². The minimum absolute atomic E-state index is 0.0249. The van der Waals surface area contributed by atoms with Gasteiger partial charge in [0.05, 0.1) is 6.54 Å². The molecule has 11 heteroatoms. The van der Waals surface area contributed by atoms with Gasteiger partial charge in [0.25, 0.3) is 11.5 Å². The highest BCUT2D eigenvalue weighted by atomic mass is 19.1. The van der Waals surface area contributed by atoms with Crippen molar-refractivity contribution in [2.75, 3.05) is 33.5 Å². The molecule has 0 radical (unpaired) electrons. The summed E-state index contributed by atoms with van der Waals surface area (Å²) < 4.78 is 22.5. The molecule has 10 nitrogen and oxygen atoms in total. The van der Waals surface area contributed by atoms with E-state index < -0.39 is 23.7 Å². The average Bonchev–Trinajstić information content (AvgIpc) is 3.23. The number of hydrogen-bond donors (Lipinski definition) is 1. The lowest BCUT2D eigenvalue weighted by Crippen LogP contribution is -2.37. The maximum Gasteiger partial charge on any atom is 0.410 e. The van der Waals surface area contributed by atoms with Crippen LogP contribution < -0.4 is 10.9 Å². The maximum absolute atomic E-state index is 13.7. The van der Waals surface area contributed by atoms with Crippen molar-refractivity contribution in [3.8, 4) is 0 Å². The molecule has 0 spiro atoms. The Hall–Kier alpha value is -4.41. The zero-order valence-electron chi connectivity index (χ0n) is 22.8. The molecular formula is C28H34FN5O5. The number of carbonyl (C=O) groups excluding carboxylic acids is 3. The van der Waals surface area contributed by atoms with E-state index in [1.807, 2.05) is 17.6 Å². The molecule has 2 aromatic heterocycles. The fourth-order valence-corrected chi connectivity index (χ4v) is 4.00. The second-order valence-electron chi connectivity index (χ2n) is 9.41. The van der Waals surface area contributed by atoms with Crippen LogP contribution in [0.15, 0.2) is 59.5 Å². The Morgan fingerprint density at radius 1 is 1.10 bits per heavy atom. The third-order valence-corrected chi connectivity index (χ3v) is 6.07. The molecule has 0 aliphatic rings. The van der Waals surface area contributed by atoms with E-state index >= 15 is 0 Å². The molecule has 208 valence electrons. The molecule has 3 amide bonds. The van der Waals surface area contributed by atoms with Gasteiger partial charge in [-0.2, -0.15) is 0 Å². The Kier molecular flexibility index (Phi) is 9.64. The summed E-state index contributed by atoms with van der Waals surface area (Å²) in [5.41, 5.74) is 1.25. The number of amides is 3. The van der Waals surface area contributed by atoms with Crippen LogP contribution in [0, 0.1) is 5.82 Å². The molecule has 0 aliphatic heterocycles. The van der Waals surface area contributed by atoms with Crippen molar-refractivity contribution < 1.29 is 23.5 Å². The van der Waals surface area contributed by atoms with Gasteiger partial charge in [0.1, 0.15) is 11.5 Å². The number of pyridine rings is 1. The molecule has 0 saturated carbocycles. The first-order valence-corrected chi connectivity index (χ1v) is 12.6. The van der Waals surface area contributed by atoms with E-state index in [1.165, 1.54) is 52.7 Å². The molecule has 1 unspecified atom stereocenters. The van der Waals surface area contributed by atoms with E-state index in [9.17, 15) is 23.6 Å². The van der Waals surface area contributed by atoms with Crippen LogP contribution in [0.1, 0.15) is 25.5 Å². The van der Waals surface area contributed by atoms with Gasteiger partial charge >= 0.3 is 6.09 Å². The van der Waals surface area contributed by atoms with Crippen LogP contribution in [0.5, 0.6) is 0 Å². The summed E-state index contributed by atoms with van der Waals surface area (Å²) in [6, 6.07) is 9.50. The molecule has 1 atom stereocenters. The molecular weight excluding hydrogens is 505 g/mol. The summed E-state index contributed by atoms with van der Waals surface area (Å²) in [5, 5.41) is 3.32. The number of allylic oxidation sites excluding steroid dienone is 1. The number of aromatic nitrogens is 2. The molecule has 0 bridgehead atoms. The van der Waals surface area contributed by atoms with E-state index in [-0.39, 0.29) is 30.4 Å². The highest BCUT2D eigenvalue weighted by Gasteiger charge is 2.24. The smallest absolute Gasteiger partial charge is 0.410 e. The van der Waals surface area contributed by atoms with Crippen molar-refractivity contribution in [1.82, 2.24) is 18.9 Å². The molecule has 1 aromatic carbocycles.